The Bertz CT molecular complexity index is 1780. The van der Waals surface area contributed by atoms with Crippen LogP contribution in [0.15, 0.2) is 77.4 Å². The molecule has 3 aromatic carbocycles. The van der Waals surface area contributed by atoms with Crippen LogP contribution in [0.1, 0.15) is 35.1 Å². The maximum atomic E-state index is 12.2. The second kappa shape index (κ2) is 11.5. The Balaban J connectivity index is 1.37. The molecule has 0 saturated carbocycles. The zero-order chi connectivity index (χ0) is 30.1. The van der Waals surface area contributed by atoms with E-state index in [1.54, 1.807) is 36.4 Å². The fourth-order valence-corrected chi connectivity index (χ4v) is 5.47. The lowest BCUT2D eigenvalue weighted by molar-refractivity contribution is -0.384. The summed E-state index contributed by atoms with van der Waals surface area (Å²) in [5.74, 6) is -0.560. The predicted molar refractivity (Wildman–Crippen MR) is 163 cm³/mol. The second-order valence-electron chi connectivity index (χ2n) is 10.7. The number of benzene rings is 3. The number of H-pyrrole nitrogens is 1. The van der Waals surface area contributed by atoms with Crippen molar-refractivity contribution in [2.75, 3.05) is 26.7 Å². The number of imide groups is 1. The highest BCUT2D eigenvalue weighted by atomic mass is 16.6. The molecule has 0 radical (unpaired) electrons. The molecule has 11 nitrogen and oxygen atoms in total. The molecule has 0 bridgehead atoms. The van der Waals surface area contributed by atoms with Crippen molar-refractivity contribution in [1.29, 1.82) is 0 Å². The summed E-state index contributed by atoms with van der Waals surface area (Å²) in [6.07, 6.45) is 5.00. The molecule has 3 heterocycles. The number of urea groups is 1. The SMILES string of the molecule is CN1C(=O)N/C(=C\c2ccc(N=C(c3ccc(CCN4CCCC4)cc3)c3c(O)[nH]c4ccc([N+](=O)[O-])cc34)cc2)C1=O. The van der Waals surface area contributed by atoms with Crippen molar-refractivity contribution in [1.82, 2.24) is 20.1 Å². The molecule has 2 saturated heterocycles. The van der Waals surface area contributed by atoms with E-state index >= 15 is 0 Å². The fraction of sp³-hybridized carbons (Fsp3) is 0.219. The number of aliphatic imine (C=N–C) groups is 1. The van der Waals surface area contributed by atoms with Gasteiger partial charge in [-0.2, -0.15) is 0 Å². The van der Waals surface area contributed by atoms with E-state index in [1.165, 1.54) is 37.6 Å². The molecule has 0 unspecified atom stereocenters. The number of likely N-dealkylation sites (tertiary alicyclic amines) is 1. The molecule has 2 aliphatic rings. The van der Waals surface area contributed by atoms with Crippen molar-refractivity contribution < 1.29 is 19.6 Å². The van der Waals surface area contributed by atoms with E-state index < -0.39 is 16.9 Å². The Hall–Kier alpha value is -5.29. The highest BCUT2D eigenvalue weighted by molar-refractivity contribution is 6.22. The summed E-state index contributed by atoms with van der Waals surface area (Å²) < 4.78 is 0. The summed E-state index contributed by atoms with van der Waals surface area (Å²) in [5.41, 5.74) is 4.61. The lowest BCUT2D eigenvalue weighted by atomic mass is 9.98. The number of aromatic amines is 1. The number of hydrogen-bond donors (Lipinski definition) is 3. The van der Waals surface area contributed by atoms with Crippen LogP contribution in [-0.4, -0.2) is 69.1 Å². The standard InChI is InChI=1S/C32H30N6O5/c1-36-31(40)27(35-32(36)41)18-21-6-10-23(11-7-21)33-29(22-8-4-20(5-9-22)14-17-37-15-2-3-16-37)28-25-19-24(38(42)43)12-13-26(25)34-30(28)39/h4-13,18-19,34,39H,2-3,14-17H2,1H3,(H,35,41)/b27-18-,33-29?. The molecule has 11 heteroatoms. The minimum Gasteiger partial charge on any atom is -0.494 e. The summed E-state index contributed by atoms with van der Waals surface area (Å²) >= 11 is 0. The van der Waals surface area contributed by atoms with Gasteiger partial charge in [0.1, 0.15) is 5.70 Å². The van der Waals surface area contributed by atoms with Crippen LogP contribution in [0.5, 0.6) is 5.88 Å². The Morgan fingerprint density at radius 1 is 1.05 bits per heavy atom. The van der Waals surface area contributed by atoms with Gasteiger partial charge in [0.15, 0.2) is 5.88 Å². The number of aromatic hydroxyl groups is 1. The quantitative estimate of drug-likeness (QED) is 0.0871. The molecule has 2 fully saturated rings. The number of nitro groups is 1. The van der Waals surface area contributed by atoms with E-state index in [0.29, 0.717) is 33.4 Å². The topological polar surface area (TPSA) is 144 Å². The molecule has 0 aliphatic carbocycles. The number of carbonyl (C=O) groups excluding carboxylic acids is 2. The molecule has 0 spiro atoms. The predicted octanol–water partition coefficient (Wildman–Crippen LogP) is 5.11. The summed E-state index contributed by atoms with van der Waals surface area (Å²) in [4.78, 5) is 46.4. The number of non-ortho nitro benzene ring substituents is 1. The van der Waals surface area contributed by atoms with Crippen LogP contribution in [-0.2, 0) is 11.2 Å². The van der Waals surface area contributed by atoms with Gasteiger partial charge >= 0.3 is 6.03 Å². The number of likely N-dealkylation sites (N-methyl/N-ethyl adjacent to an activating group) is 1. The first-order chi connectivity index (χ1) is 20.8. The normalized spacial score (nSPS) is 16.9. The number of nitrogens with zero attached hydrogens (tertiary/aromatic N) is 4. The summed E-state index contributed by atoms with van der Waals surface area (Å²) in [7, 11) is 1.41. The number of amides is 3. The Morgan fingerprint density at radius 3 is 2.42 bits per heavy atom. The zero-order valence-electron chi connectivity index (χ0n) is 23.5. The number of nitrogens with one attached hydrogen (secondary N) is 2. The zero-order valence-corrected chi connectivity index (χ0v) is 23.5. The first kappa shape index (κ1) is 27.9. The van der Waals surface area contributed by atoms with Gasteiger partial charge < -0.3 is 20.3 Å². The first-order valence-corrected chi connectivity index (χ1v) is 14.1. The van der Waals surface area contributed by atoms with Gasteiger partial charge in [0.05, 0.1) is 21.9 Å². The van der Waals surface area contributed by atoms with Gasteiger partial charge in [0.25, 0.3) is 11.6 Å². The van der Waals surface area contributed by atoms with Gasteiger partial charge in [-0.05, 0) is 67.8 Å². The van der Waals surface area contributed by atoms with E-state index in [2.05, 4.69) is 27.3 Å². The van der Waals surface area contributed by atoms with Crippen LogP contribution >= 0.6 is 0 Å². The molecule has 3 amide bonds. The molecule has 4 aromatic rings. The van der Waals surface area contributed by atoms with E-state index in [-0.39, 0.29) is 17.3 Å². The Morgan fingerprint density at radius 2 is 1.77 bits per heavy atom. The van der Waals surface area contributed by atoms with Gasteiger partial charge in [0, 0.05) is 42.2 Å². The molecule has 3 N–H and O–H groups in total. The van der Waals surface area contributed by atoms with Crippen molar-refractivity contribution in [2.24, 2.45) is 4.99 Å². The second-order valence-corrected chi connectivity index (χ2v) is 10.7. The van der Waals surface area contributed by atoms with Crippen LogP contribution < -0.4 is 5.32 Å². The average Bonchev–Trinajstić information content (AvgIpc) is 3.71. The summed E-state index contributed by atoms with van der Waals surface area (Å²) in [5, 5.41) is 25.6. The van der Waals surface area contributed by atoms with Gasteiger partial charge in [-0.1, -0.05) is 36.4 Å². The van der Waals surface area contributed by atoms with Crippen molar-refractivity contribution >= 4 is 46.0 Å². The van der Waals surface area contributed by atoms with Gasteiger partial charge in [-0.25, -0.2) is 9.79 Å². The molecular weight excluding hydrogens is 548 g/mol. The lowest BCUT2D eigenvalue weighted by Crippen LogP contribution is -2.25. The molecule has 6 rings (SSSR count). The minimum atomic E-state index is -0.483. The number of nitro benzene ring substituents is 1. The van der Waals surface area contributed by atoms with E-state index in [1.807, 2.05) is 12.1 Å². The van der Waals surface area contributed by atoms with Crippen molar-refractivity contribution in [3.8, 4) is 5.88 Å². The van der Waals surface area contributed by atoms with Gasteiger partial charge in [-0.3, -0.25) is 19.8 Å². The highest BCUT2D eigenvalue weighted by Crippen LogP contribution is 2.34. The van der Waals surface area contributed by atoms with E-state index in [9.17, 15) is 24.8 Å². The van der Waals surface area contributed by atoms with E-state index in [4.69, 9.17) is 4.99 Å². The van der Waals surface area contributed by atoms with Crippen LogP contribution in [0.25, 0.3) is 17.0 Å². The van der Waals surface area contributed by atoms with Crippen LogP contribution in [0.3, 0.4) is 0 Å². The lowest BCUT2D eigenvalue weighted by Gasteiger charge is -2.14. The molecule has 0 atom stereocenters. The summed E-state index contributed by atoms with van der Waals surface area (Å²) in [6.45, 7) is 3.28. The minimum absolute atomic E-state index is 0.0963. The maximum Gasteiger partial charge on any atom is 0.328 e. The summed E-state index contributed by atoms with van der Waals surface area (Å²) in [6, 6.07) is 19.0. The van der Waals surface area contributed by atoms with Crippen LogP contribution in [0, 0.1) is 10.1 Å². The third-order valence-corrected chi connectivity index (χ3v) is 7.88. The third kappa shape index (κ3) is 5.75. The molecule has 218 valence electrons. The molecule has 2 aliphatic heterocycles. The van der Waals surface area contributed by atoms with Crippen molar-refractivity contribution in [2.45, 2.75) is 19.3 Å². The smallest absolute Gasteiger partial charge is 0.328 e. The van der Waals surface area contributed by atoms with Crippen molar-refractivity contribution in [3.05, 3.63) is 105 Å². The van der Waals surface area contributed by atoms with Crippen molar-refractivity contribution in [3.63, 3.8) is 0 Å². The Kier molecular flexibility index (Phi) is 7.47. The first-order valence-electron chi connectivity index (χ1n) is 14.1. The molecular formula is C32H30N6O5. The monoisotopic (exact) mass is 578 g/mol. The number of fused-ring (bicyclic) bond motifs is 1. The largest absolute Gasteiger partial charge is 0.494 e. The van der Waals surface area contributed by atoms with E-state index in [0.717, 1.165) is 36.5 Å². The fourth-order valence-electron chi connectivity index (χ4n) is 5.47. The van der Waals surface area contributed by atoms with Gasteiger partial charge in [-0.15, -0.1) is 0 Å². The average molecular weight is 579 g/mol. The van der Waals surface area contributed by atoms with Crippen LogP contribution in [0.2, 0.25) is 0 Å². The number of rotatable bonds is 8. The number of hydrogen-bond acceptors (Lipinski definition) is 7. The maximum absolute atomic E-state index is 12.2. The number of carbonyl (C=O) groups is 2. The molecule has 1 aromatic heterocycles. The third-order valence-electron chi connectivity index (χ3n) is 7.88. The van der Waals surface area contributed by atoms with Crippen LogP contribution in [0.4, 0.5) is 16.2 Å². The number of aromatic nitrogens is 1. The Labute approximate surface area is 247 Å². The molecule has 43 heavy (non-hydrogen) atoms. The highest BCUT2D eigenvalue weighted by Gasteiger charge is 2.30. The van der Waals surface area contributed by atoms with Gasteiger partial charge in [0.2, 0.25) is 0 Å².